The van der Waals surface area contributed by atoms with Gasteiger partial charge in [0.2, 0.25) is 5.95 Å². The van der Waals surface area contributed by atoms with E-state index in [-0.39, 0.29) is 18.9 Å². The first-order chi connectivity index (χ1) is 11.3. The number of aliphatic hydroxyl groups is 1. The van der Waals surface area contributed by atoms with Crippen LogP contribution in [0.2, 0.25) is 0 Å². The van der Waals surface area contributed by atoms with E-state index in [9.17, 15) is 19.5 Å². The smallest absolute Gasteiger partial charge is 0.354 e. The van der Waals surface area contributed by atoms with Crippen molar-refractivity contribution in [1.29, 1.82) is 0 Å². The predicted molar refractivity (Wildman–Crippen MR) is 83.0 cm³/mol. The van der Waals surface area contributed by atoms with Gasteiger partial charge >= 0.3 is 7.60 Å². The molecule has 2 aromatic rings. The minimum Gasteiger partial charge on any atom is -0.390 e. The monoisotopic (exact) mass is 355 g/mol. The normalized spacial score (nSPS) is 27.9. The van der Waals surface area contributed by atoms with Gasteiger partial charge in [-0.05, 0) is 12.8 Å². The first-order valence-corrected chi connectivity index (χ1v) is 9.38. The molecule has 3 heterocycles. The molecule has 0 radical (unpaired) electrons. The van der Waals surface area contributed by atoms with Gasteiger partial charge in [0.15, 0.2) is 11.5 Å². The minimum atomic E-state index is -4.40. The van der Waals surface area contributed by atoms with E-state index in [1.807, 2.05) is 0 Å². The van der Waals surface area contributed by atoms with Gasteiger partial charge in [-0.2, -0.15) is 4.98 Å². The highest BCUT2D eigenvalue weighted by Gasteiger charge is 2.43. The van der Waals surface area contributed by atoms with Crippen molar-refractivity contribution in [3.8, 4) is 0 Å². The lowest BCUT2D eigenvalue weighted by molar-refractivity contribution is 0.0163. The third-order valence-corrected chi connectivity index (χ3v) is 5.51. The molecule has 4 rings (SSSR count). The molecule has 1 aliphatic carbocycles. The number of aromatic nitrogens is 4. The van der Waals surface area contributed by atoms with Crippen LogP contribution in [0, 0.1) is 0 Å². The Hall–Kier alpha value is -1.58. The molecule has 1 aliphatic heterocycles. The molecule has 3 atom stereocenters. The number of hydrogen-bond donors (Lipinski definition) is 4. The molecule has 0 aromatic carbocycles. The highest BCUT2D eigenvalue weighted by atomic mass is 31.2. The van der Waals surface area contributed by atoms with E-state index in [0.717, 1.165) is 18.5 Å². The van der Waals surface area contributed by atoms with Gasteiger partial charge in [0, 0.05) is 12.3 Å². The van der Waals surface area contributed by atoms with Crippen LogP contribution in [0.3, 0.4) is 0 Å². The zero-order chi connectivity index (χ0) is 17.1. The van der Waals surface area contributed by atoms with Gasteiger partial charge in [-0.25, -0.2) is 9.97 Å². The number of aliphatic hydroxyl groups excluding tert-OH is 1. The van der Waals surface area contributed by atoms with Crippen LogP contribution in [0.4, 0.5) is 5.95 Å². The van der Waals surface area contributed by atoms with Crippen LogP contribution >= 0.6 is 7.60 Å². The topological polar surface area (TPSA) is 157 Å². The number of rotatable bonds is 4. The summed E-state index contributed by atoms with van der Waals surface area (Å²) in [6.45, 7) is 0.175. The summed E-state index contributed by atoms with van der Waals surface area (Å²) in [6, 6.07) is 0. The summed E-state index contributed by atoms with van der Waals surface area (Å²) in [6.07, 6.45) is 1.83. The Morgan fingerprint density at radius 2 is 2.12 bits per heavy atom. The lowest BCUT2D eigenvalue weighted by Gasteiger charge is -2.16. The van der Waals surface area contributed by atoms with Crippen LogP contribution in [-0.2, 0) is 15.8 Å². The van der Waals surface area contributed by atoms with E-state index in [1.54, 1.807) is 10.9 Å². The number of nitrogens with two attached hydrogens (primary N) is 1. The van der Waals surface area contributed by atoms with E-state index in [1.165, 1.54) is 0 Å². The summed E-state index contributed by atoms with van der Waals surface area (Å²) in [4.78, 5) is 31.3. The predicted octanol–water partition coefficient (Wildman–Crippen LogP) is -0.0605. The standard InChI is InChI=1S/C13H18N5O5P/c14-13-16-10(6-1-2-6)11-12(17-13)18(5-15-11)4-8-7(19)3-9(23-8)24(20,21)22/h5-9,19H,1-4H2,(H2,14,16,17)(H2,20,21,22)/t7-,8+,9-/m0/s1. The van der Waals surface area contributed by atoms with E-state index in [0.29, 0.717) is 17.1 Å². The number of anilines is 1. The van der Waals surface area contributed by atoms with Crippen molar-refractivity contribution in [2.24, 2.45) is 0 Å². The molecule has 1 saturated carbocycles. The van der Waals surface area contributed by atoms with Crippen molar-refractivity contribution >= 4 is 24.7 Å². The molecule has 0 unspecified atom stereocenters. The molecule has 0 spiro atoms. The Kier molecular flexibility index (Phi) is 3.63. The van der Waals surface area contributed by atoms with Crippen LogP contribution in [0.25, 0.3) is 11.2 Å². The Bertz CT molecular complexity index is 832. The van der Waals surface area contributed by atoms with Gasteiger partial charge in [0.25, 0.3) is 0 Å². The highest BCUT2D eigenvalue weighted by Crippen LogP contribution is 2.48. The van der Waals surface area contributed by atoms with Crippen LogP contribution in [0.1, 0.15) is 30.9 Å². The summed E-state index contributed by atoms with van der Waals surface area (Å²) in [5, 5.41) is 10.0. The second kappa shape index (κ2) is 5.47. The lowest BCUT2D eigenvalue weighted by atomic mass is 10.2. The fourth-order valence-corrected chi connectivity index (χ4v) is 3.85. The summed E-state index contributed by atoms with van der Waals surface area (Å²) in [5.74, 6) is -0.769. The first-order valence-electron chi connectivity index (χ1n) is 7.70. The maximum Gasteiger partial charge on any atom is 0.354 e. The van der Waals surface area contributed by atoms with Crippen LogP contribution in [-0.4, -0.2) is 52.5 Å². The molecule has 10 nitrogen and oxygen atoms in total. The molecule has 0 amide bonds. The summed E-state index contributed by atoms with van der Waals surface area (Å²) >= 11 is 0. The lowest BCUT2D eigenvalue weighted by Crippen LogP contribution is -2.26. The molecule has 0 bridgehead atoms. The van der Waals surface area contributed by atoms with E-state index in [4.69, 9.17) is 10.5 Å². The fourth-order valence-electron chi connectivity index (χ4n) is 3.04. The van der Waals surface area contributed by atoms with Crippen molar-refractivity contribution in [3.63, 3.8) is 0 Å². The zero-order valence-electron chi connectivity index (χ0n) is 12.7. The van der Waals surface area contributed by atoms with Gasteiger partial charge in [-0.1, -0.05) is 0 Å². The van der Waals surface area contributed by atoms with Crippen molar-refractivity contribution < 1.29 is 24.2 Å². The summed E-state index contributed by atoms with van der Waals surface area (Å²) < 4.78 is 18.3. The molecule has 24 heavy (non-hydrogen) atoms. The maximum atomic E-state index is 11.3. The third-order valence-electron chi connectivity index (χ3n) is 4.43. The molecule has 2 aromatic heterocycles. The second-order valence-corrected chi connectivity index (χ2v) is 8.09. The van der Waals surface area contributed by atoms with Crippen molar-refractivity contribution in [3.05, 3.63) is 12.0 Å². The van der Waals surface area contributed by atoms with Crippen molar-refractivity contribution in [2.45, 2.75) is 49.8 Å². The molecular weight excluding hydrogens is 337 g/mol. The number of ether oxygens (including phenoxy) is 1. The Labute approximate surface area is 136 Å². The number of fused-ring (bicyclic) bond motifs is 1. The van der Waals surface area contributed by atoms with E-state index in [2.05, 4.69) is 15.0 Å². The number of imidazole rings is 1. The average molecular weight is 355 g/mol. The van der Waals surface area contributed by atoms with Crippen LogP contribution in [0.5, 0.6) is 0 Å². The van der Waals surface area contributed by atoms with Gasteiger partial charge in [0.1, 0.15) is 11.6 Å². The second-order valence-electron chi connectivity index (χ2n) is 6.33. The molecule has 11 heteroatoms. The van der Waals surface area contributed by atoms with Crippen molar-refractivity contribution in [1.82, 2.24) is 19.5 Å². The summed E-state index contributed by atoms with van der Waals surface area (Å²) in [7, 11) is -4.40. The zero-order valence-corrected chi connectivity index (χ0v) is 13.6. The Morgan fingerprint density at radius 3 is 2.75 bits per heavy atom. The maximum absolute atomic E-state index is 11.3. The average Bonchev–Trinajstić information content (AvgIpc) is 3.17. The van der Waals surface area contributed by atoms with Crippen LogP contribution < -0.4 is 5.73 Å². The minimum absolute atomic E-state index is 0.105. The Balaban J connectivity index is 1.62. The fraction of sp³-hybridized carbons (Fsp3) is 0.615. The molecular formula is C13H18N5O5P. The van der Waals surface area contributed by atoms with Gasteiger partial charge in [-0.3, -0.25) is 4.57 Å². The van der Waals surface area contributed by atoms with E-state index < -0.39 is 25.6 Å². The van der Waals surface area contributed by atoms with Crippen LogP contribution in [0.15, 0.2) is 6.33 Å². The molecule has 2 aliphatic rings. The first kappa shape index (κ1) is 15.9. The number of nitrogen functional groups attached to an aromatic ring is 1. The quantitative estimate of drug-likeness (QED) is 0.551. The van der Waals surface area contributed by atoms with Gasteiger partial charge in [0.05, 0.1) is 24.7 Å². The third kappa shape index (κ3) is 2.80. The van der Waals surface area contributed by atoms with Crippen molar-refractivity contribution in [2.75, 3.05) is 5.73 Å². The molecule has 130 valence electrons. The highest BCUT2D eigenvalue weighted by molar-refractivity contribution is 7.52. The van der Waals surface area contributed by atoms with E-state index >= 15 is 0 Å². The SMILES string of the molecule is Nc1nc(C2CC2)c2ncn(C[C@H]3O[C@@H](P(=O)(O)O)C[C@@H]3O)c2n1. The molecule has 1 saturated heterocycles. The molecule has 5 N–H and O–H groups in total. The van der Waals surface area contributed by atoms with Gasteiger partial charge < -0.3 is 29.9 Å². The van der Waals surface area contributed by atoms with Gasteiger partial charge in [-0.15, -0.1) is 0 Å². The Morgan fingerprint density at radius 1 is 1.38 bits per heavy atom. The summed E-state index contributed by atoms with van der Waals surface area (Å²) in [5.41, 5.74) is 7.83. The largest absolute Gasteiger partial charge is 0.390 e. The molecule has 2 fully saturated rings. The number of nitrogens with zero attached hydrogens (tertiary/aromatic N) is 4. The number of hydrogen-bond acceptors (Lipinski definition) is 7.